The molecule has 5 nitrogen and oxygen atoms in total. The van der Waals surface area contributed by atoms with E-state index in [4.69, 9.17) is 11.5 Å². The second-order valence-corrected chi connectivity index (χ2v) is 6.16. The largest absolute Gasteiger partial charge is 0.399 e. The first kappa shape index (κ1) is 13.8. The molecule has 6 heteroatoms. The maximum absolute atomic E-state index is 11.4. The van der Waals surface area contributed by atoms with Gasteiger partial charge in [-0.1, -0.05) is 6.92 Å². The van der Waals surface area contributed by atoms with Gasteiger partial charge in [-0.2, -0.15) is 0 Å². The van der Waals surface area contributed by atoms with Crippen LogP contribution in [0.5, 0.6) is 0 Å². The fourth-order valence-electron chi connectivity index (χ4n) is 1.78. The Morgan fingerprint density at radius 3 is 2.41 bits per heavy atom. The van der Waals surface area contributed by atoms with E-state index in [1.807, 2.05) is 6.92 Å². The van der Waals surface area contributed by atoms with Crippen LogP contribution in [0.25, 0.3) is 0 Å². The van der Waals surface area contributed by atoms with Crippen LogP contribution in [0, 0.1) is 0 Å². The maximum Gasteiger partial charge on any atom is 0.209 e. The summed E-state index contributed by atoms with van der Waals surface area (Å²) < 4.78 is 25.4. The first-order valence-electron chi connectivity index (χ1n) is 5.32. The number of benzene rings is 1. The van der Waals surface area contributed by atoms with Gasteiger partial charge in [0.2, 0.25) is 10.0 Å². The van der Waals surface area contributed by atoms with Gasteiger partial charge in [0.1, 0.15) is 0 Å². The number of hydrogen-bond acceptors (Lipinski definition) is 4. The van der Waals surface area contributed by atoms with Crippen molar-refractivity contribution in [2.75, 3.05) is 17.7 Å². The molecule has 96 valence electrons. The molecule has 0 aliphatic rings. The molecule has 0 heterocycles. The zero-order chi connectivity index (χ0) is 13.3. The van der Waals surface area contributed by atoms with Crippen LogP contribution >= 0.6 is 0 Å². The number of anilines is 2. The topological polar surface area (TPSA) is 98.2 Å². The van der Waals surface area contributed by atoms with Gasteiger partial charge in [0.15, 0.2) is 0 Å². The summed E-state index contributed by atoms with van der Waals surface area (Å²) in [6.07, 6.45) is 1.71. The van der Waals surface area contributed by atoms with Crippen molar-refractivity contribution in [2.45, 2.75) is 25.8 Å². The number of rotatable bonds is 4. The van der Waals surface area contributed by atoms with Gasteiger partial charge < -0.3 is 11.5 Å². The first-order valence-corrected chi connectivity index (χ1v) is 7.21. The average molecular weight is 257 g/mol. The lowest BCUT2D eigenvalue weighted by Crippen LogP contribution is -2.42. The van der Waals surface area contributed by atoms with Crippen molar-refractivity contribution >= 4 is 21.4 Å². The molecule has 17 heavy (non-hydrogen) atoms. The second-order valence-electron chi connectivity index (χ2n) is 4.41. The van der Waals surface area contributed by atoms with Crippen molar-refractivity contribution in [1.82, 2.24) is 4.72 Å². The van der Waals surface area contributed by atoms with Gasteiger partial charge in [0, 0.05) is 11.4 Å². The summed E-state index contributed by atoms with van der Waals surface area (Å²) in [4.78, 5) is 0. The van der Waals surface area contributed by atoms with Gasteiger partial charge in [-0.25, -0.2) is 13.1 Å². The van der Waals surface area contributed by atoms with E-state index in [0.29, 0.717) is 23.4 Å². The summed E-state index contributed by atoms with van der Waals surface area (Å²) in [5.41, 5.74) is 12.6. The average Bonchev–Trinajstić information content (AvgIpc) is 2.19. The first-order chi connectivity index (χ1) is 7.68. The summed E-state index contributed by atoms with van der Waals surface area (Å²) in [7, 11) is -3.32. The minimum atomic E-state index is -3.32. The maximum atomic E-state index is 11.4. The lowest BCUT2D eigenvalue weighted by molar-refractivity contribution is 0.420. The monoisotopic (exact) mass is 257 g/mol. The van der Waals surface area contributed by atoms with E-state index in [0.717, 1.165) is 6.26 Å². The predicted molar refractivity (Wildman–Crippen MR) is 70.9 cm³/mol. The van der Waals surface area contributed by atoms with Crippen LogP contribution in [0.2, 0.25) is 0 Å². The third kappa shape index (κ3) is 3.34. The molecule has 1 aromatic carbocycles. The number of nitrogen functional groups attached to an aromatic ring is 2. The predicted octanol–water partition coefficient (Wildman–Crippen LogP) is 1.03. The molecule has 1 aromatic rings. The second kappa shape index (κ2) is 4.54. The van der Waals surface area contributed by atoms with Gasteiger partial charge in [0.05, 0.1) is 11.8 Å². The molecule has 0 fully saturated rings. The van der Waals surface area contributed by atoms with E-state index in [1.165, 1.54) is 0 Å². The summed E-state index contributed by atoms with van der Waals surface area (Å²) in [6.45, 7) is 3.68. The van der Waals surface area contributed by atoms with Crippen LogP contribution in [0.4, 0.5) is 11.4 Å². The summed E-state index contributed by atoms with van der Waals surface area (Å²) in [6, 6.07) is 5.08. The molecule has 0 aliphatic heterocycles. The molecular weight excluding hydrogens is 238 g/mol. The zero-order valence-electron chi connectivity index (χ0n) is 10.3. The zero-order valence-corrected chi connectivity index (χ0v) is 11.1. The van der Waals surface area contributed by atoms with Gasteiger partial charge in [-0.15, -0.1) is 0 Å². The van der Waals surface area contributed by atoms with E-state index in [9.17, 15) is 8.42 Å². The summed E-state index contributed by atoms with van der Waals surface area (Å²) in [5.74, 6) is 0. The highest BCUT2D eigenvalue weighted by Crippen LogP contribution is 2.31. The van der Waals surface area contributed by atoms with E-state index < -0.39 is 15.6 Å². The Morgan fingerprint density at radius 1 is 1.35 bits per heavy atom. The van der Waals surface area contributed by atoms with Crippen LogP contribution in [0.1, 0.15) is 25.8 Å². The van der Waals surface area contributed by atoms with Gasteiger partial charge >= 0.3 is 0 Å². The van der Waals surface area contributed by atoms with Crippen LogP contribution < -0.4 is 16.2 Å². The van der Waals surface area contributed by atoms with E-state index >= 15 is 0 Å². The van der Waals surface area contributed by atoms with Crippen LogP contribution in [-0.4, -0.2) is 14.7 Å². The van der Waals surface area contributed by atoms with Crippen molar-refractivity contribution in [1.29, 1.82) is 0 Å². The van der Waals surface area contributed by atoms with E-state index in [-0.39, 0.29) is 0 Å². The fourth-order valence-corrected chi connectivity index (χ4v) is 2.85. The van der Waals surface area contributed by atoms with Gasteiger partial charge in [-0.3, -0.25) is 0 Å². The molecule has 0 bridgehead atoms. The molecule has 1 rings (SSSR count). The van der Waals surface area contributed by atoms with Crippen molar-refractivity contribution in [3.63, 3.8) is 0 Å². The smallest absolute Gasteiger partial charge is 0.209 e. The molecule has 0 radical (unpaired) electrons. The van der Waals surface area contributed by atoms with Crippen LogP contribution in [-0.2, 0) is 15.6 Å². The molecule has 0 spiro atoms. The Labute approximate surface area is 102 Å². The number of hydrogen-bond donors (Lipinski definition) is 3. The van der Waals surface area contributed by atoms with Crippen molar-refractivity contribution in [3.05, 3.63) is 23.8 Å². The normalized spacial score (nSPS) is 15.5. The Balaban J connectivity index is 3.29. The Morgan fingerprint density at radius 2 is 1.94 bits per heavy atom. The molecule has 0 aromatic heterocycles. The minimum Gasteiger partial charge on any atom is -0.399 e. The highest BCUT2D eigenvalue weighted by Gasteiger charge is 2.30. The summed E-state index contributed by atoms with van der Waals surface area (Å²) >= 11 is 0. The molecule has 1 unspecified atom stereocenters. The van der Waals surface area contributed by atoms with Crippen LogP contribution in [0.15, 0.2) is 18.2 Å². The third-order valence-corrected chi connectivity index (χ3v) is 3.61. The lowest BCUT2D eigenvalue weighted by atomic mass is 9.89. The molecule has 0 saturated carbocycles. The quantitative estimate of drug-likeness (QED) is 0.701. The number of nitrogens with two attached hydrogens (primary N) is 2. The Hall–Kier alpha value is -1.27. The highest BCUT2D eigenvalue weighted by atomic mass is 32.2. The van der Waals surface area contributed by atoms with Crippen molar-refractivity contribution < 1.29 is 8.42 Å². The molecule has 1 atom stereocenters. The SMILES string of the molecule is CCC(C)(NS(C)(=O)=O)c1cc(N)ccc1N. The van der Waals surface area contributed by atoms with Crippen molar-refractivity contribution in [3.8, 4) is 0 Å². The summed E-state index contributed by atoms with van der Waals surface area (Å²) in [5, 5.41) is 0. The molecular formula is C11H19N3O2S. The molecule has 5 N–H and O–H groups in total. The van der Waals surface area contributed by atoms with E-state index in [2.05, 4.69) is 4.72 Å². The minimum absolute atomic E-state index is 0.528. The van der Waals surface area contributed by atoms with E-state index in [1.54, 1.807) is 25.1 Å². The van der Waals surface area contributed by atoms with Gasteiger partial charge in [-0.05, 0) is 37.1 Å². The third-order valence-electron chi connectivity index (χ3n) is 2.79. The standard InChI is InChI=1S/C11H19N3O2S/c1-4-11(2,14-17(3,15)16)9-7-8(12)5-6-10(9)13/h5-7,14H,4,12-13H2,1-3H3. The Kier molecular flexibility index (Phi) is 3.68. The number of nitrogens with one attached hydrogen (secondary N) is 1. The van der Waals surface area contributed by atoms with Crippen molar-refractivity contribution in [2.24, 2.45) is 0 Å². The fraction of sp³-hybridized carbons (Fsp3) is 0.455. The Bertz CT molecular complexity index is 513. The van der Waals surface area contributed by atoms with Crippen LogP contribution in [0.3, 0.4) is 0 Å². The van der Waals surface area contributed by atoms with Gasteiger partial charge in [0.25, 0.3) is 0 Å². The lowest BCUT2D eigenvalue weighted by Gasteiger charge is -2.30. The highest BCUT2D eigenvalue weighted by molar-refractivity contribution is 7.88. The number of sulfonamides is 1. The molecule has 0 saturated heterocycles. The molecule has 0 amide bonds. The molecule has 0 aliphatic carbocycles.